The summed E-state index contributed by atoms with van der Waals surface area (Å²) in [4.78, 5) is 0. The van der Waals surface area contributed by atoms with E-state index in [0.29, 0.717) is 39.1 Å². The van der Waals surface area contributed by atoms with Gasteiger partial charge in [0.1, 0.15) is 0 Å². The summed E-state index contributed by atoms with van der Waals surface area (Å²) < 4.78 is 16.3. The third kappa shape index (κ3) is 14.0. The molecule has 7 heteroatoms. The Morgan fingerprint density at radius 1 is 0.526 bits per heavy atom. The van der Waals surface area contributed by atoms with Crippen LogP contribution >= 0.6 is 0 Å². The third-order valence-corrected chi connectivity index (χ3v) is 2.42. The second-order valence-corrected chi connectivity index (χ2v) is 4.19. The van der Waals surface area contributed by atoms with E-state index >= 15 is 0 Å². The van der Waals surface area contributed by atoms with Gasteiger partial charge in [-0.25, -0.2) is 0 Å². The second kappa shape index (κ2) is 15.9. The van der Waals surface area contributed by atoms with Gasteiger partial charge in [-0.3, -0.25) is 0 Å². The van der Waals surface area contributed by atoms with Crippen LogP contribution in [-0.4, -0.2) is 62.3 Å². The van der Waals surface area contributed by atoms with Gasteiger partial charge in [0.25, 0.3) is 0 Å². The second-order valence-electron chi connectivity index (χ2n) is 4.19. The summed E-state index contributed by atoms with van der Waals surface area (Å²) in [5.41, 5.74) is 0. The van der Waals surface area contributed by atoms with E-state index in [1.54, 1.807) is 0 Å². The summed E-state index contributed by atoms with van der Waals surface area (Å²) in [6, 6.07) is 0. The molecule has 0 rings (SSSR count). The van der Waals surface area contributed by atoms with Crippen LogP contribution in [0.5, 0.6) is 0 Å². The van der Waals surface area contributed by atoms with Crippen LogP contribution in [0.2, 0.25) is 0 Å². The zero-order chi connectivity index (χ0) is 14.2. The summed E-state index contributed by atoms with van der Waals surface area (Å²) in [6.07, 6.45) is 4.36. The van der Waals surface area contributed by atoms with Crippen molar-refractivity contribution in [3.05, 3.63) is 0 Å². The number of hydrogen-bond acceptors (Lipinski definition) is 6. The summed E-state index contributed by atoms with van der Waals surface area (Å²) in [6.45, 7) is 1.90. The molecule has 0 saturated carbocycles. The molecule has 6 nitrogen and oxygen atoms in total. The minimum atomic E-state index is -0.698. The Kier molecular flexibility index (Phi) is 15.7. The molecule has 3 N–H and O–H groups in total. The smallest absolute Gasteiger partial charge is 0.396 e. The highest BCUT2D eigenvalue weighted by molar-refractivity contribution is 6.36. The predicted octanol–water partition coefficient (Wildman–Crippen LogP) is 0.339. The summed E-state index contributed by atoms with van der Waals surface area (Å²) in [7, 11) is -0.698. The Bertz CT molecular complexity index is 144. The van der Waals surface area contributed by atoms with Gasteiger partial charge in [-0.05, 0) is 38.5 Å². The number of aliphatic hydroxyl groups excluding tert-OH is 3. The lowest BCUT2D eigenvalue weighted by molar-refractivity contribution is 0.0849. The predicted molar refractivity (Wildman–Crippen MR) is 72.6 cm³/mol. The molecule has 0 amide bonds. The van der Waals surface area contributed by atoms with Gasteiger partial charge in [0, 0.05) is 39.6 Å². The van der Waals surface area contributed by atoms with Gasteiger partial charge in [0.05, 0.1) is 0 Å². The zero-order valence-corrected chi connectivity index (χ0v) is 11.6. The van der Waals surface area contributed by atoms with Crippen LogP contribution in [0.1, 0.15) is 38.5 Å². The van der Waals surface area contributed by atoms with E-state index < -0.39 is 7.32 Å². The van der Waals surface area contributed by atoms with E-state index in [2.05, 4.69) is 0 Å². The van der Waals surface area contributed by atoms with Crippen molar-refractivity contribution in [1.29, 1.82) is 0 Å². The van der Waals surface area contributed by atoms with Crippen LogP contribution < -0.4 is 0 Å². The van der Waals surface area contributed by atoms with E-state index in [-0.39, 0.29) is 19.8 Å². The van der Waals surface area contributed by atoms with Crippen LogP contribution in [0.25, 0.3) is 0 Å². The van der Waals surface area contributed by atoms with Gasteiger partial charge in [0.2, 0.25) is 0 Å². The largest absolute Gasteiger partial charge is 0.639 e. The van der Waals surface area contributed by atoms with Crippen LogP contribution in [0.15, 0.2) is 0 Å². The lowest BCUT2D eigenvalue weighted by Gasteiger charge is -2.14. The Balaban J connectivity index is 3.66. The van der Waals surface area contributed by atoms with Crippen LogP contribution in [0.3, 0.4) is 0 Å². The fourth-order valence-electron chi connectivity index (χ4n) is 1.32. The molecule has 0 aliphatic heterocycles. The highest BCUT2D eigenvalue weighted by Gasteiger charge is 2.20. The molecular formula is C12H27BO6. The Morgan fingerprint density at radius 3 is 1.11 bits per heavy atom. The minimum absolute atomic E-state index is 0.155. The molecule has 0 aromatic carbocycles. The number of aliphatic hydroxyl groups is 3. The minimum Gasteiger partial charge on any atom is -0.396 e. The van der Waals surface area contributed by atoms with Crippen LogP contribution in [0, 0.1) is 0 Å². The average Bonchev–Trinajstić information content (AvgIpc) is 2.43. The highest BCUT2D eigenvalue weighted by Crippen LogP contribution is 2.00. The first kappa shape index (κ1) is 18.8. The molecule has 0 spiro atoms. The lowest BCUT2D eigenvalue weighted by atomic mass is 10.2. The van der Waals surface area contributed by atoms with E-state index in [1.165, 1.54) is 0 Å². The maximum atomic E-state index is 8.67. The number of unbranched alkanes of at least 4 members (excludes halogenated alkanes) is 3. The lowest BCUT2D eigenvalue weighted by Crippen LogP contribution is -2.29. The van der Waals surface area contributed by atoms with E-state index in [9.17, 15) is 0 Å². The van der Waals surface area contributed by atoms with Crippen molar-refractivity contribution in [3.8, 4) is 0 Å². The average molecular weight is 278 g/mol. The van der Waals surface area contributed by atoms with Crippen LogP contribution in [0.4, 0.5) is 0 Å². The van der Waals surface area contributed by atoms with Crippen molar-refractivity contribution in [3.63, 3.8) is 0 Å². The standard InChI is InChI=1S/C12H27BO6/c14-7-1-4-10-17-13(18-11-5-2-8-15)19-12-6-3-9-16/h14-16H,1-12H2. The SMILES string of the molecule is OCCCCOB(OCCCCO)OCCCCO. The molecule has 0 aliphatic carbocycles. The van der Waals surface area contributed by atoms with E-state index in [4.69, 9.17) is 29.3 Å². The molecule has 0 bridgehead atoms. The van der Waals surface area contributed by atoms with Gasteiger partial charge in [-0.15, -0.1) is 0 Å². The maximum absolute atomic E-state index is 8.67. The molecule has 0 aromatic heterocycles. The molecule has 0 aromatic rings. The Labute approximate surface area is 115 Å². The van der Waals surface area contributed by atoms with Crippen molar-refractivity contribution in [2.45, 2.75) is 38.5 Å². The first-order valence-electron chi connectivity index (χ1n) is 7.02. The fraction of sp³-hybridized carbons (Fsp3) is 1.00. The van der Waals surface area contributed by atoms with E-state index in [0.717, 1.165) is 19.3 Å². The summed E-state index contributed by atoms with van der Waals surface area (Å²) in [5, 5.41) is 26.0. The first-order valence-corrected chi connectivity index (χ1v) is 7.02. The molecular weight excluding hydrogens is 251 g/mol. The van der Waals surface area contributed by atoms with Crippen molar-refractivity contribution < 1.29 is 29.3 Å². The van der Waals surface area contributed by atoms with Gasteiger partial charge in [0.15, 0.2) is 0 Å². The highest BCUT2D eigenvalue weighted by atomic mass is 16.7. The number of rotatable bonds is 15. The topological polar surface area (TPSA) is 88.4 Å². The maximum Gasteiger partial charge on any atom is 0.639 e. The van der Waals surface area contributed by atoms with Gasteiger partial charge >= 0.3 is 7.32 Å². The van der Waals surface area contributed by atoms with Crippen molar-refractivity contribution in [1.82, 2.24) is 0 Å². The monoisotopic (exact) mass is 278 g/mol. The van der Waals surface area contributed by atoms with Crippen molar-refractivity contribution in [2.24, 2.45) is 0 Å². The normalized spacial score (nSPS) is 10.9. The zero-order valence-electron chi connectivity index (χ0n) is 11.6. The van der Waals surface area contributed by atoms with Crippen molar-refractivity contribution >= 4 is 7.32 Å². The molecule has 19 heavy (non-hydrogen) atoms. The molecule has 0 aliphatic rings. The van der Waals surface area contributed by atoms with Gasteiger partial charge in [-0.2, -0.15) is 0 Å². The molecule has 0 saturated heterocycles. The molecule has 0 atom stereocenters. The van der Waals surface area contributed by atoms with E-state index in [1.807, 2.05) is 0 Å². The quantitative estimate of drug-likeness (QED) is 0.296. The number of hydrogen-bond donors (Lipinski definition) is 3. The molecule has 114 valence electrons. The third-order valence-electron chi connectivity index (χ3n) is 2.42. The summed E-state index contributed by atoms with van der Waals surface area (Å²) >= 11 is 0. The van der Waals surface area contributed by atoms with Gasteiger partial charge < -0.3 is 29.3 Å². The molecule has 0 heterocycles. The first-order chi connectivity index (χ1) is 9.35. The molecule has 0 radical (unpaired) electrons. The van der Waals surface area contributed by atoms with Crippen LogP contribution in [-0.2, 0) is 14.0 Å². The molecule has 0 unspecified atom stereocenters. The Hall–Kier alpha value is -0.175. The summed E-state index contributed by atoms with van der Waals surface area (Å²) in [5.74, 6) is 0. The fourth-order valence-corrected chi connectivity index (χ4v) is 1.32. The molecule has 0 fully saturated rings. The van der Waals surface area contributed by atoms with Crippen molar-refractivity contribution in [2.75, 3.05) is 39.6 Å². The Morgan fingerprint density at radius 2 is 0.842 bits per heavy atom. The van der Waals surface area contributed by atoms with Gasteiger partial charge in [-0.1, -0.05) is 0 Å².